The van der Waals surface area contributed by atoms with Crippen LogP contribution in [0.25, 0.3) is 0 Å². The van der Waals surface area contributed by atoms with Gasteiger partial charge in [-0.25, -0.2) is 0 Å². The molecule has 0 radical (unpaired) electrons. The van der Waals surface area contributed by atoms with Gasteiger partial charge in [0.2, 0.25) is 0 Å². The predicted octanol–water partition coefficient (Wildman–Crippen LogP) is 3.47. The van der Waals surface area contributed by atoms with E-state index in [1.807, 2.05) is 0 Å². The van der Waals surface area contributed by atoms with E-state index in [4.69, 9.17) is 0 Å². The Morgan fingerprint density at radius 2 is 1.71 bits per heavy atom. The maximum absolute atomic E-state index is 10.0. The molecule has 0 aromatic rings. The molecule has 0 amide bonds. The van der Waals surface area contributed by atoms with Gasteiger partial charge in [-0.1, -0.05) is 41.5 Å². The summed E-state index contributed by atoms with van der Waals surface area (Å²) >= 11 is 0. The highest BCUT2D eigenvalue weighted by atomic mass is 16.3. The van der Waals surface area contributed by atoms with Crippen LogP contribution in [-0.4, -0.2) is 11.2 Å². The van der Waals surface area contributed by atoms with Gasteiger partial charge in [0.1, 0.15) is 0 Å². The van der Waals surface area contributed by atoms with Gasteiger partial charge >= 0.3 is 0 Å². The highest BCUT2D eigenvalue weighted by Crippen LogP contribution is 2.48. The first-order chi connectivity index (χ1) is 6.14. The summed E-state index contributed by atoms with van der Waals surface area (Å²) < 4.78 is 0. The topological polar surface area (TPSA) is 20.2 Å². The molecule has 1 N–H and O–H groups in total. The molecular formula is C13H26O. The molecule has 14 heavy (non-hydrogen) atoms. The van der Waals surface area contributed by atoms with Gasteiger partial charge in [-0.05, 0) is 35.5 Å². The van der Waals surface area contributed by atoms with Crippen LogP contribution in [0.5, 0.6) is 0 Å². The summed E-state index contributed by atoms with van der Waals surface area (Å²) in [5, 5.41) is 10.0. The van der Waals surface area contributed by atoms with Crippen LogP contribution in [0.1, 0.15) is 54.4 Å². The number of rotatable bonds is 0. The predicted molar refractivity (Wildman–Crippen MR) is 61.1 cm³/mol. The monoisotopic (exact) mass is 198 g/mol. The minimum Gasteiger partial charge on any atom is -0.393 e. The summed E-state index contributed by atoms with van der Waals surface area (Å²) in [5.41, 5.74) is 0.619. The molecule has 1 fully saturated rings. The summed E-state index contributed by atoms with van der Waals surface area (Å²) in [6.07, 6.45) is 2.12. The van der Waals surface area contributed by atoms with Crippen molar-refractivity contribution in [2.45, 2.75) is 60.5 Å². The number of hydrogen-bond donors (Lipinski definition) is 1. The molecule has 0 aliphatic heterocycles. The zero-order valence-corrected chi connectivity index (χ0v) is 10.6. The molecule has 3 atom stereocenters. The quantitative estimate of drug-likeness (QED) is 0.632. The fourth-order valence-electron chi connectivity index (χ4n) is 2.58. The van der Waals surface area contributed by atoms with E-state index in [1.54, 1.807) is 0 Å². The van der Waals surface area contributed by atoms with Crippen molar-refractivity contribution in [3.05, 3.63) is 0 Å². The second-order valence-electron chi connectivity index (χ2n) is 6.85. The Morgan fingerprint density at radius 3 is 2.07 bits per heavy atom. The molecule has 0 saturated heterocycles. The lowest BCUT2D eigenvalue weighted by Crippen LogP contribution is -2.43. The third kappa shape index (κ3) is 2.31. The Bertz CT molecular complexity index is 200. The molecule has 1 nitrogen and oxygen atoms in total. The Balaban J connectivity index is 2.79. The summed E-state index contributed by atoms with van der Waals surface area (Å²) in [7, 11) is 0. The van der Waals surface area contributed by atoms with Crippen molar-refractivity contribution in [3.63, 3.8) is 0 Å². The molecule has 84 valence electrons. The number of aliphatic hydroxyl groups is 1. The molecule has 0 aromatic heterocycles. The maximum Gasteiger partial charge on any atom is 0.0573 e. The molecule has 1 aliphatic rings. The third-order valence-electron chi connectivity index (χ3n) is 4.33. The lowest BCUT2D eigenvalue weighted by molar-refractivity contribution is -0.0512. The largest absolute Gasteiger partial charge is 0.393 e. The van der Waals surface area contributed by atoms with E-state index in [2.05, 4.69) is 41.5 Å². The highest BCUT2D eigenvalue weighted by molar-refractivity contribution is 4.93. The van der Waals surface area contributed by atoms with Crippen molar-refractivity contribution in [1.29, 1.82) is 0 Å². The molecule has 2 unspecified atom stereocenters. The molecule has 0 aromatic carbocycles. The van der Waals surface area contributed by atoms with E-state index >= 15 is 0 Å². The zero-order valence-electron chi connectivity index (χ0n) is 10.6. The maximum atomic E-state index is 10.0. The normalized spacial score (nSPS) is 38.4. The molecule has 0 heterocycles. The van der Waals surface area contributed by atoms with Crippen LogP contribution in [0.15, 0.2) is 0 Å². The van der Waals surface area contributed by atoms with Gasteiger partial charge in [0.05, 0.1) is 6.10 Å². The molecule has 1 rings (SSSR count). The van der Waals surface area contributed by atoms with E-state index in [9.17, 15) is 5.11 Å². The van der Waals surface area contributed by atoms with Crippen molar-refractivity contribution in [2.24, 2.45) is 22.7 Å². The van der Waals surface area contributed by atoms with Crippen molar-refractivity contribution < 1.29 is 5.11 Å². The number of hydrogen-bond acceptors (Lipinski definition) is 1. The fraction of sp³-hybridized carbons (Fsp3) is 1.00. The zero-order chi connectivity index (χ0) is 11.1. The van der Waals surface area contributed by atoms with E-state index in [0.29, 0.717) is 17.3 Å². The van der Waals surface area contributed by atoms with Gasteiger partial charge in [0, 0.05) is 0 Å². The molecule has 0 bridgehead atoms. The first kappa shape index (κ1) is 12.0. The van der Waals surface area contributed by atoms with Gasteiger partial charge < -0.3 is 5.11 Å². The molecule has 1 heteroatoms. The van der Waals surface area contributed by atoms with Crippen LogP contribution in [0.2, 0.25) is 0 Å². The van der Waals surface area contributed by atoms with Crippen LogP contribution in [0.3, 0.4) is 0 Å². The molecule has 0 spiro atoms. The van der Waals surface area contributed by atoms with Gasteiger partial charge in [-0.2, -0.15) is 0 Å². The standard InChI is InChI=1S/C13H26O/c1-9-11(14)7-10(12(2,3)4)8-13(9,5)6/h9-11,14H,7-8H2,1-6H3/t9-,10?,11?/m1/s1. The summed E-state index contributed by atoms with van der Waals surface area (Å²) in [4.78, 5) is 0. The lowest BCUT2D eigenvalue weighted by Gasteiger charge is -2.48. The lowest BCUT2D eigenvalue weighted by atomic mass is 9.59. The van der Waals surface area contributed by atoms with Gasteiger partial charge in [0.15, 0.2) is 0 Å². The first-order valence-corrected chi connectivity index (χ1v) is 5.82. The Hall–Kier alpha value is -0.0400. The minimum absolute atomic E-state index is 0.108. The summed E-state index contributed by atoms with van der Waals surface area (Å²) in [6, 6.07) is 0. The fourth-order valence-corrected chi connectivity index (χ4v) is 2.58. The smallest absolute Gasteiger partial charge is 0.0573 e. The summed E-state index contributed by atoms with van der Waals surface area (Å²) in [6.45, 7) is 13.6. The second kappa shape index (κ2) is 3.52. The molecular weight excluding hydrogens is 172 g/mol. The average molecular weight is 198 g/mol. The van der Waals surface area contributed by atoms with Gasteiger partial charge in [-0.15, -0.1) is 0 Å². The van der Waals surface area contributed by atoms with Crippen LogP contribution in [0, 0.1) is 22.7 Å². The summed E-state index contributed by atoms with van der Waals surface area (Å²) in [5.74, 6) is 1.09. The molecule has 1 saturated carbocycles. The van der Waals surface area contributed by atoms with Crippen LogP contribution in [-0.2, 0) is 0 Å². The Labute approximate surface area is 88.9 Å². The van der Waals surface area contributed by atoms with E-state index in [0.717, 1.165) is 6.42 Å². The average Bonchev–Trinajstić information content (AvgIpc) is 1.97. The van der Waals surface area contributed by atoms with Crippen molar-refractivity contribution >= 4 is 0 Å². The third-order valence-corrected chi connectivity index (χ3v) is 4.33. The second-order valence-corrected chi connectivity index (χ2v) is 6.85. The van der Waals surface area contributed by atoms with Crippen molar-refractivity contribution in [2.75, 3.05) is 0 Å². The van der Waals surface area contributed by atoms with Crippen molar-refractivity contribution in [1.82, 2.24) is 0 Å². The van der Waals surface area contributed by atoms with E-state index in [-0.39, 0.29) is 11.5 Å². The highest BCUT2D eigenvalue weighted by Gasteiger charge is 2.42. The van der Waals surface area contributed by atoms with Gasteiger partial charge in [0.25, 0.3) is 0 Å². The Kier molecular flexibility index (Phi) is 3.02. The van der Waals surface area contributed by atoms with Crippen LogP contribution in [0.4, 0.5) is 0 Å². The first-order valence-electron chi connectivity index (χ1n) is 5.82. The van der Waals surface area contributed by atoms with Crippen molar-refractivity contribution in [3.8, 4) is 0 Å². The van der Waals surface area contributed by atoms with E-state index in [1.165, 1.54) is 6.42 Å². The Morgan fingerprint density at radius 1 is 1.21 bits per heavy atom. The van der Waals surface area contributed by atoms with Crippen LogP contribution < -0.4 is 0 Å². The number of aliphatic hydroxyl groups excluding tert-OH is 1. The van der Waals surface area contributed by atoms with Crippen LogP contribution >= 0.6 is 0 Å². The SMILES string of the molecule is C[C@@H]1C(O)CC(C(C)(C)C)CC1(C)C. The van der Waals surface area contributed by atoms with Gasteiger partial charge in [-0.3, -0.25) is 0 Å². The molecule has 1 aliphatic carbocycles. The van der Waals surface area contributed by atoms with E-state index < -0.39 is 0 Å². The minimum atomic E-state index is -0.108.